The first-order chi connectivity index (χ1) is 12.9. The first kappa shape index (κ1) is 18.9. The number of fused-ring (bicyclic) bond motifs is 1. The lowest BCUT2D eigenvalue weighted by Crippen LogP contribution is -2.22. The van der Waals surface area contributed by atoms with Crippen LogP contribution in [0, 0.1) is 20.8 Å². The molecule has 1 aromatic heterocycles. The second-order valence-corrected chi connectivity index (χ2v) is 6.73. The molecule has 0 aliphatic carbocycles. The van der Waals surface area contributed by atoms with E-state index in [-0.39, 0.29) is 0 Å². The van der Waals surface area contributed by atoms with Gasteiger partial charge in [0.05, 0.1) is 16.8 Å². The Morgan fingerprint density at radius 2 is 1.85 bits per heavy atom. The molecule has 1 amide bonds. The summed E-state index contributed by atoms with van der Waals surface area (Å²) in [5.41, 5.74) is 4.02. The summed E-state index contributed by atoms with van der Waals surface area (Å²) in [6.45, 7) is 5.07. The molecule has 3 rings (SSSR count). The van der Waals surface area contributed by atoms with Crippen LogP contribution >= 0.6 is 11.6 Å². The van der Waals surface area contributed by atoms with Crippen molar-refractivity contribution in [1.29, 1.82) is 0 Å². The number of pyridine rings is 1. The standard InChI is InChI=1S/C21H19ClN2O3/c1-12-8-9-15(22)10-18(12)24-19(25)11-27-21(26)20-13(2)16-6-4-5-7-17(16)23-14(20)3/h4-10H,11H2,1-3H3,(H,24,25). The molecular formula is C21H19ClN2O3. The molecule has 0 spiro atoms. The zero-order valence-electron chi connectivity index (χ0n) is 15.3. The number of hydrogen-bond donors (Lipinski definition) is 1. The Morgan fingerprint density at radius 3 is 2.63 bits per heavy atom. The number of halogens is 1. The fraction of sp³-hybridized carbons (Fsp3) is 0.190. The highest BCUT2D eigenvalue weighted by Crippen LogP contribution is 2.23. The molecule has 27 heavy (non-hydrogen) atoms. The lowest BCUT2D eigenvalue weighted by molar-refractivity contribution is -0.119. The van der Waals surface area contributed by atoms with E-state index in [9.17, 15) is 9.59 Å². The molecule has 5 nitrogen and oxygen atoms in total. The van der Waals surface area contributed by atoms with Crippen molar-refractivity contribution in [3.05, 3.63) is 69.9 Å². The number of hydrogen-bond acceptors (Lipinski definition) is 4. The Hall–Kier alpha value is -2.92. The minimum absolute atomic E-state index is 0.389. The third-order valence-corrected chi connectivity index (χ3v) is 4.58. The van der Waals surface area contributed by atoms with Gasteiger partial charge in [0.2, 0.25) is 0 Å². The molecular weight excluding hydrogens is 364 g/mol. The number of nitrogens with one attached hydrogen (secondary N) is 1. The zero-order valence-corrected chi connectivity index (χ0v) is 16.1. The summed E-state index contributed by atoms with van der Waals surface area (Å²) in [6.07, 6.45) is 0. The van der Waals surface area contributed by atoms with Gasteiger partial charge in [0.15, 0.2) is 6.61 Å². The van der Waals surface area contributed by atoms with E-state index in [1.54, 1.807) is 25.1 Å². The maximum atomic E-state index is 12.5. The Bertz CT molecular complexity index is 1050. The number of carbonyl (C=O) groups excluding carboxylic acids is 2. The van der Waals surface area contributed by atoms with Crippen molar-refractivity contribution in [3.8, 4) is 0 Å². The quantitative estimate of drug-likeness (QED) is 0.669. The number of anilines is 1. The molecule has 1 N–H and O–H groups in total. The summed E-state index contributed by atoms with van der Waals surface area (Å²) in [6, 6.07) is 12.8. The van der Waals surface area contributed by atoms with E-state index in [1.807, 2.05) is 38.1 Å². The molecule has 3 aromatic rings. The number of aryl methyl sites for hydroxylation is 3. The summed E-state index contributed by atoms with van der Waals surface area (Å²) in [7, 11) is 0. The van der Waals surface area contributed by atoms with Crippen LogP contribution in [0.4, 0.5) is 5.69 Å². The van der Waals surface area contributed by atoms with Crippen molar-refractivity contribution >= 4 is 40.1 Å². The predicted octanol–water partition coefficient (Wildman–Crippen LogP) is 4.61. The second-order valence-electron chi connectivity index (χ2n) is 6.30. The number of ether oxygens (including phenoxy) is 1. The van der Waals surface area contributed by atoms with Crippen LogP contribution in [0.2, 0.25) is 5.02 Å². The van der Waals surface area contributed by atoms with Crippen LogP contribution in [0.15, 0.2) is 42.5 Å². The molecule has 0 radical (unpaired) electrons. The molecule has 0 saturated carbocycles. The molecule has 0 atom stereocenters. The fourth-order valence-electron chi connectivity index (χ4n) is 2.95. The van der Waals surface area contributed by atoms with Crippen LogP contribution in [0.5, 0.6) is 0 Å². The topological polar surface area (TPSA) is 68.3 Å². The molecule has 138 valence electrons. The third-order valence-electron chi connectivity index (χ3n) is 4.35. The van der Waals surface area contributed by atoms with Gasteiger partial charge in [-0.3, -0.25) is 9.78 Å². The number of para-hydroxylation sites is 1. The van der Waals surface area contributed by atoms with Gasteiger partial charge in [0, 0.05) is 16.1 Å². The van der Waals surface area contributed by atoms with Gasteiger partial charge in [-0.15, -0.1) is 0 Å². The molecule has 0 fully saturated rings. The van der Waals surface area contributed by atoms with Crippen molar-refractivity contribution in [2.75, 3.05) is 11.9 Å². The zero-order chi connectivity index (χ0) is 19.6. The summed E-state index contributed by atoms with van der Waals surface area (Å²) in [5, 5.41) is 4.10. The van der Waals surface area contributed by atoms with Gasteiger partial charge in [-0.05, 0) is 50.1 Å². The molecule has 0 aliphatic rings. The Kier molecular flexibility index (Phi) is 5.42. The third kappa shape index (κ3) is 4.09. The second kappa shape index (κ2) is 7.76. The van der Waals surface area contributed by atoms with Crippen molar-refractivity contribution in [1.82, 2.24) is 4.98 Å². The first-order valence-electron chi connectivity index (χ1n) is 8.46. The van der Waals surface area contributed by atoms with Crippen LogP contribution < -0.4 is 5.32 Å². The maximum absolute atomic E-state index is 12.5. The first-order valence-corrected chi connectivity index (χ1v) is 8.83. The number of aromatic nitrogens is 1. The molecule has 6 heteroatoms. The largest absolute Gasteiger partial charge is 0.452 e. The van der Waals surface area contributed by atoms with E-state index < -0.39 is 18.5 Å². The molecule has 0 saturated heterocycles. The van der Waals surface area contributed by atoms with Crippen molar-refractivity contribution in [3.63, 3.8) is 0 Å². The van der Waals surface area contributed by atoms with Crippen LogP contribution in [0.1, 0.15) is 27.2 Å². The SMILES string of the molecule is Cc1ccc(Cl)cc1NC(=O)COC(=O)c1c(C)nc2ccccc2c1C. The minimum Gasteiger partial charge on any atom is -0.452 e. The van der Waals surface area contributed by atoms with E-state index in [2.05, 4.69) is 10.3 Å². The number of nitrogens with zero attached hydrogens (tertiary/aromatic N) is 1. The van der Waals surface area contributed by atoms with Gasteiger partial charge < -0.3 is 10.1 Å². The maximum Gasteiger partial charge on any atom is 0.340 e. The summed E-state index contributed by atoms with van der Waals surface area (Å²) < 4.78 is 5.22. The summed E-state index contributed by atoms with van der Waals surface area (Å²) in [5.74, 6) is -1.00. The highest BCUT2D eigenvalue weighted by atomic mass is 35.5. The van der Waals surface area contributed by atoms with Gasteiger partial charge in [-0.1, -0.05) is 35.9 Å². The van der Waals surface area contributed by atoms with Gasteiger partial charge in [-0.2, -0.15) is 0 Å². The lowest BCUT2D eigenvalue weighted by atomic mass is 10.0. The minimum atomic E-state index is -0.568. The van der Waals surface area contributed by atoms with Crippen molar-refractivity contribution in [2.45, 2.75) is 20.8 Å². The number of esters is 1. The summed E-state index contributed by atoms with van der Waals surface area (Å²) in [4.78, 5) is 29.1. The van der Waals surface area contributed by atoms with Crippen molar-refractivity contribution in [2.24, 2.45) is 0 Å². The number of benzene rings is 2. The van der Waals surface area contributed by atoms with E-state index >= 15 is 0 Å². The predicted molar refractivity (Wildman–Crippen MR) is 106 cm³/mol. The van der Waals surface area contributed by atoms with Crippen molar-refractivity contribution < 1.29 is 14.3 Å². The normalized spacial score (nSPS) is 10.7. The molecule has 0 bridgehead atoms. The van der Waals surface area contributed by atoms with E-state index in [0.29, 0.717) is 22.0 Å². The van der Waals surface area contributed by atoms with E-state index in [1.165, 1.54) is 0 Å². The molecule has 1 heterocycles. The Morgan fingerprint density at radius 1 is 1.11 bits per heavy atom. The Labute approximate surface area is 162 Å². The van der Waals surface area contributed by atoms with Gasteiger partial charge in [0.25, 0.3) is 5.91 Å². The van der Waals surface area contributed by atoms with Crippen LogP contribution in [0.25, 0.3) is 10.9 Å². The lowest BCUT2D eigenvalue weighted by Gasteiger charge is -2.13. The number of amides is 1. The summed E-state index contributed by atoms with van der Waals surface area (Å²) >= 11 is 5.95. The molecule has 2 aromatic carbocycles. The molecule has 0 unspecified atom stereocenters. The monoisotopic (exact) mass is 382 g/mol. The smallest absolute Gasteiger partial charge is 0.340 e. The number of rotatable bonds is 4. The fourth-order valence-corrected chi connectivity index (χ4v) is 3.12. The van der Waals surface area contributed by atoms with Crippen LogP contribution in [-0.4, -0.2) is 23.5 Å². The highest BCUT2D eigenvalue weighted by molar-refractivity contribution is 6.31. The van der Waals surface area contributed by atoms with Gasteiger partial charge in [-0.25, -0.2) is 4.79 Å². The molecule has 0 aliphatic heterocycles. The highest BCUT2D eigenvalue weighted by Gasteiger charge is 2.19. The van der Waals surface area contributed by atoms with E-state index in [4.69, 9.17) is 16.3 Å². The van der Waals surface area contributed by atoms with Gasteiger partial charge in [0.1, 0.15) is 0 Å². The van der Waals surface area contributed by atoms with E-state index in [0.717, 1.165) is 22.0 Å². The van der Waals surface area contributed by atoms with Crippen LogP contribution in [-0.2, 0) is 9.53 Å². The average Bonchev–Trinajstić information content (AvgIpc) is 2.63. The number of carbonyl (C=O) groups is 2. The van der Waals surface area contributed by atoms with Crippen LogP contribution in [0.3, 0.4) is 0 Å². The average molecular weight is 383 g/mol. The Balaban J connectivity index is 1.73. The van der Waals surface area contributed by atoms with Gasteiger partial charge >= 0.3 is 5.97 Å².